The standard InChI is InChI=1S/C12H8N2O/c1-8-4-9(6-13)5-10-2-3-11(7-15)14-12(8)10/h2-5,7H,1H3. The molecular weight excluding hydrogens is 188 g/mol. The Morgan fingerprint density at radius 3 is 2.87 bits per heavy atom. The van der Waals surface area contributed by atoms with Gasteiger partial charge in [-0.25, -0.2) is 4.98 Å². The smallest absolute Gasteiger partial charge is 0.168 e. The molecule has 0 saturated carbocycles. The molecule has 2 aromatic rings. The molecule has 0 aliphatic heterocycles. The summed E-state index contributed by atoms with van der Waals surface area (Å²) in [5.41, 5.74) is 2.71. The van der Waals surface area contributed by atoms with E-state index >= 15 is 0 Å². The van der Waals surface area contributed by atoms with Gasteiger partial charge in [0, 0.05) is 5.39 Å². The Hall–Kier alpha value is -2.21. The van der Waals surface area contributed by atoms with Crippen LogP contribution in [0.5, 0.6) is 0 Å². The van der Waals surface area contributed by atoms with E-state index in [1.807, 2.05) is 6.92 Å². The number of hydrogen-bond donors (Lipinski definition) is 0. The van der Waals surface area contributed by atoms with Crippen molar-refractivity contribution in [3.8, 4) is 6.07 Å². The van der Waals surface area contributed by atoms with Crippen LogP contribution >= 0.6 is 0 Å². The SMILES string of the molecule is Cc1cc(C#N)cc2ccc(C=O)nc12. The van der Waals surface area contributed by atoms with Gasteiger partial charge in [0.25, 0.3) is 0 Å². The molecule has 2 rings (SSSR count). The molecule has 1 heterocycles. The second-order valence-corrected chi connectivity index (χ2v) is 3.33. The lowest BCUT2D eigenvalue weighted by molar-refractivity contribution is 0.111. The van der Waals surface area contributed by atoms with Crippen molar-refractivity contribution in [3.05, 3.63) is 41.1 Å². The molecule has 0 atom stereocenters. The van der Waals surface area contributed by atoms with Crippen LogP contribution < -0.4 is 0 Å². The lowest BCUT2D eigenvalue weighted by Gasteiger charge is -2.02. The van der Waals surface area contributed by atoms with Gasteiger partial charge in [-0.2, -0.15) is 5.26 Å². The van der Waals surface area contributed by atoms with Gasteiger partial charge in [0.05, 0.1) is 17.1 Å². The number of pyridine rings is 1. The summed E-state index contributed by atoms with van der Waals surface area (Å²) in [6, 6.07) is 9.08. The molecule has 0 aliphatic carbocycles. The fraction of sp³-hybridized carbons (Fsp3) is 0.0833. The van der Waals surface area contributed by atoms with Gasteiger partial charge in [-0.3, -0.25) is 4.79 Å². The number of carbonyl (C=O) groups excluding carboxylic acids is 1. The van der Waals surface area contributed by atoms with E-state index in [2.05, 4.69) is 11.1 Å². The van der Waals surface area contributed by atoms with Gasteiger partial charge < -0.3 is 0 Å². The maximum Gasteiger partial charge on any atom is 0.168 e. The van der Waals surface area contributed by atoms with Gasteiger partial charge in [0.2, 0.25) is 0 Å². The lowest BCUT2D eigenvalue weighted by atomic mass is 10.1. The van der Waals surface area contributed by atoms with Crippen LogP contribution in [0, 0.1) is 18.3 Å². The van der Waals surface area contributed by atoms with Crippen molar-refractivity contribution in [1.29, 1.82) is 5.26 Å². The van der Waals surface area contributed by atoms with Crippen LogP contribution in [0.4, 0.5) is 0 Å². The first-order valence-corrected chi connectivity index (χ1v) is 4.51. The monoisotopic (exact) mass is 196 g/mol. The molecule has 3 nitrogen and oxygen atoms in total. The van der Waals surface area contributed by atoms with E-state index in [4.69, 9.17) is 5.26 Å². The fourth-order valence-electron chi connectivity index (χ4n) is 1.56. The normalized spacial score (nSPS) is 9.87. The van der Waals surface area contributed by atoms with Crippen LogP contribution in [-0.4, -0.2) is 11.3 Å². The first kappa shape index (κ1) is 9.35. The van der Waals surface area contributed by atoms with E-state index in [0.29, 0.717) is 11.3 Å². The van der Waals surface area contributed by atoms with Gasteiger partial charge in [-0.05, 0) is 30.7 Å². The van der Waals surface area contributed by atoms with Gasteiger partial charge in [0.15, 0.2) is 6.29 Å². The summed E-state index contributed by atoms with van der Waals surface area (Å²) in [6.07, 6.45) is 0.719. The molecule has 0 aliphatic rings. The zero-order chi connectivity index (χ0) is 10.8. The Morgan fingerprint density at radius 2 is 2.20 bits per heavy atom. The Morgan fingerprint density at radius 1 is 1.40 bits per heavy atom. The van der Waals surface area contributed by atoms with E-state index in [0.717, 1.165) is 22.8 Å². The number of benzene rings is 1. The van der Waals surface area contributed by atoms with E-state index in [-0.39, 0.29) is 0 Å². The summed E-state index contributed by atoms with van der Waals surface area (Å²) >= 11 is 0. The molecule has 0 amide bonds. The van der Waals surface area contributed by atoms with Crippen molar-refractivity contribution >= 4 is 17.2 Å². The number of fused-ring (bicyclic) bond motifs is 1. The van der Waals surface area contributed by atoms with Crippen molar-refractivity contribution < 1.29 is 4.79 Å². The number of aromatic nitrogens is 1. The van der Waals surface area contributed by atoms with Crippen LogP contribution in [0.1, 0.15) is 21.6 Å². The highest BCUT2D eigenvalue weighted by Gasteiger charge is 2.03. The minimum absolute atomic E-state index is 0.412. The maximum atomic E-state index is 10.6. The topological polar surface area (TPSA) is 53.8 Å². The predicted octanol–water partition coefficient (Wildman–Crippen LogP) is 2.23. The number of carbonyl (C=O) groups is 1. The first-order chi connectivity index (χ1) is 7.24. The van der Waals surface area contributed by atoms with E-state index in [1.165, 1.54) is 0 Å². The van der Waals surface area contributed by atoms with Crippen molar-refractivity contribution in [2.45, 2.75) is 6.92 Å². The molecule has 0 fully saturated rings. The van der Waals surface area contributed by atoms with Crippen LogP contribution in [0.25, 0.3) is 10.9 Å². The van der Waals surface area contributed by atoms with Crippen LogP contribution in [0.3, 0.4) is 0 Å². The molecule has 3 heteroatoms. The third-order valence-corrected chi connectivity index (χ3v) is 2.25. The second-order valence-electron chi connectivity index (χ2n) is 3.33. The molecule has 72 valence electrons. The summed E-state index contributed by atoms with van der Waals surface area (Å²) < 4.78 is 0. The molecule has 0 saturated heterocycles. The predicted molar refractivity (Wildman–Crippen MR) is 56.6 cm³/mol. The van der Waals surface area contributed by atoms with Gasteiger partial charge in [0.1, 0.15) is 5.69 Å². The Balaban J connectivity index is 2.80. The molecule has 0 spiro atoms. The Kier molecular flexibility index (Phi) is 2.18. The van der Waals surface area contributed by atoms with Crippen molar-refractivity contribution in [2.24, 2.45) is 0 Å². The van der Waals surface area contributed by atoms with Crippen molar-refractivity contribution in [1.82, 2.24) is 4.98 Å². The van der Waals surface area contributed by atoms with E-state index < -0.39 is 0 Å². The molecule has 0 radical (unpaired) electrons. The summed E-state index contributed by atoms with van der Waals surface area (Å²) in [5, 5.41) is 9.68. The quantitative estimate of drug-likeness (QED) is 0.657. The number of nitrogens with zero attached hydrogens (tertiary/aromatic N) is 2. The summed E-state index contributed by atoms with van der Waals surface area (Å²) in [7, 11) is 0. The zero-order valence-electron chi connectivity index (χ0n) is 8.19. The molecular formula is C12H8N2O. The average Bonchev–Trinajstić information content (AvgIpc) is 2.28. The number of rotatable bonds is 1. The third kappa shape index (κ3) is 1.57. The minimum atomic E-state index is 0.412. The maximum absolute atomic E-state index is 10.6. The number of aryl methyl sites for hydroxylation is 1. The van der Waals surface area contributed by atoms with Crippen LogP contribution in [-0.2, 0) is 0 Å². The average molecular weight is 196 g/mol. The molecule has 0 N–H and O–H groups in total. The van der Waals surface area contributed by atoms with E-state index in [1.54, 1.807) is 24.3 Å². The van der Waals surface area contributed by atoms with Crippen LogP contribution in [0.2, 0.25) is 0 Å². The lowest BCUT2D eigenvalue weighted by Crippen LogP contribution is -1.90. The molecule has 15 heavy (non-hydrogen) atoms. The number of hydrogen-bond acceptors (Lipinski definition) is 3. The number of aldehydes is 1. The largest absolute Gasteiger partial charge is 0.296 e. The fourth-order valence-corrected chi connectivity index (χ4v) is 1.56. The van der Waals surface area contributed by atoms with Crippen molar-refractivity contribution in [2.75, 3.05) is 0 Å². The van der Waals surface area contributed by atoms with Gasteiger partial charge in [-0.1, -0.05) is 6.07 Å². The number of nitriles is 1. The molecule has 1 aromatic carbocycles. The molecule has 1 aromatic heterocycles. The Bertz CT molecular complexity index is 582. The Labute approximate surface area is 87.0 Å². The third-order valence-electron chi connectivity index (χ3n) is 2.25. The van der Waals surface area contributed by atoms with Gasteiger partial charge >= 0.3 is 0 Å². The zero-order valence-corrected chi connectivity index (χ0v) is 8.19. The first-order valence-electron chi connectivity index (χ1n) is 4.51. The van der Waals surface area contributed by atoms with Crippen molar-refractivity contribution in [3.63, 3.8) is 0 Å². The molecule has 0 unspecified atom stereocenters. The highest BCUT2D eigenvalue weighted by Crippen LogP contribution is 2.18. The minimum Gasteiger partial charge on any atom is -0.296 e. The highest BCUT2D eigenvalue weighted by molar-refractivity contribution is 5.86. The summed E-state index contributed by atoms with van der Waals surface area (Å²) in [5.74, 6) is 0. The van der Waals surface area contributed by atoms with Gasteiger partial charge in [-0.15, -0.1) is 0 Å². The highest BCUT2D eigenvalue weighted by atomic mass is 16.1. The summed E-state index contributed by atoms with van der Waals surface area (Å²) in [4.78, 5) is 14.8. The van der Waals surface area contributed by atoms with Crippen LogP contribution in [0.15, 0.2) is 24.3 Å². The summed E-state index contributed by atoms with van der Waals surface area (Å²) in [6.45, 7) is 1.88. The second kappa shape index (κ2) is 3.50. The molecule has 0 bridgehead atoms. The van der Waals surface area contributed by atoms with E-state index in [9.17, 15) is 4.79 Å².